The first-order chi connectivity index (χ1) is 6.65. The van der Waals surface area contributed by atoms with Crippen LogP contribution in [0.15, 0.2) is 22.7 Å². The number of ether oxygens (including phenoxy) is 1. The van der Waals surface area contributed by atoms with Crippen LogP contribution in [-0.2, 0) is 0 Å². The van der Waals surface area contributed by atoms with Crippen LogP contribution in [0.2, 0.25) is 0 Å². The Morgan fingerprint density at radius 3 is 2.71 bits per heavy atom. The van der Waals surface area contributed by atoms with Crippen LogP contribution in [0, 0.1) is 5.82 Å². The molecule has 0 unspecified atom stereocenters. The molecule has 1 aliphatic carbocycles. The molecule has 0 radical (unpaired) electrons. The van der Waals surface area contributed by atoms with Crippen molar-refractivity contribution in [2.45, 2.75) is 25.0 Å². The first kappa shape index (κ1) is 9.93. The fourth-order valence-corrected chi connectivity index (χ4v) is 1.62. The van der Waals surface area contributed by atoms with E-state index in [0.717, 1.165) is 0 Å². The second-order valence-electron chi connectivity index (χ2n) is 3.44. The van der Waals surface area contributed by atoms with Crippen molar-refractivity contribution in [3.8, 4) is 5.75 Å². The minimum atomic E-state index is -0.331. The van der Waals surface area contributed by atoms with E-state index < -0.39 is 0 Å². The van der Waals surface area contributed by atoms with Crippen LogP contribution >= 0.6 is 15.9 Å². The first-order valence-corrected chi connectivity index (χ1v) is 5.24. The number of aliphatic hydroxyl groups is 1. The second-order valence-corrected chi connectivity index (χ2v) is 4.30. The van der Waals surface area contributed by atoms with Gasteiger partial charge in [-0.1, -0.05) is 0 Å². The zero-order chi connectivity index (χ0) is 10.1. The maximum Gasteiger partial charge on any atom is 0.141 e. The van der Waals surface area contributed by atoms with Gasteiger partial charge < -0.3 is 9.84 Å². The standard InChI is InChI=1S/C10H10BrFO2/c11-9-2-1-7(5-10(9)12)14-8-3-6(13)4-8/h1-2,5-6,8,13H,3-4H2. The van der Waals surface area contributed by atoms with Gasteiger partial charge in [0.15, 0.2) is 0 Å². The van der Waals surface area contributed by atoms with Crippen LogP contribution in [0.4, 0.5) is 4.39 Å². The molecule has 0 aliphatic heterocycles. The predicted molar refractivity (Wildman–Crippen MR) is 53.8 cm³/mol. The quantitative estimate of drug-likeness (QED) is 0.886. The third kappa shape index (κ3) is 2.07. The van der Waals surface area contributed by atoms with E-state index in [9.17, 15) is 4.39 Å². The lowest BCUT2D eigenvalue weighted by molar-refractivity contribution is -0.0108. The van der Waals surface area contributed by atoms with Crippen LogP contribution in [0.3, 0.4) is 0 Å². The van der Waals surface area contributed by atoms with Crippen molar-refractivity contribution in [1.82, 2.24) is 0 Å². The van der Waals surface area contributed by atoms with Crippen LogP contribution < -0.4 is 4.74 Å². The van der Waals surface area contributed by atoms with E-state index in [-0.39, 0.29) is 18.0 Å². The average molecular weight is 261 g/mol. The van der Waals surface area contributed by atoms with E-state index in [2.05, 4.69) is 15.9 Å². The molecule has 1 saturated carbocycles. The van der Waals surface area contributed by atoms with Gasteiger partial charge in [-0.2, -0.15) is 0 Å². The molecule has 0 amide bonds. The number of rotatable bonds is 2. The molecule has 1 aromatic carbocycles. The van der Waals surface area contributed by atoms with E-state index in [1.807, 2.05) is 0 Å². The summed E-state index contributed by atoms with van der Waals surface area (Å²) < 4.78 is 18.9. The van der Waals surface area contributed by atoms with Gasteiger partial charge in [-0.05, 0) is 28.1 Å². The van der Waals surface area contributed by atoms with E-state index in [4.69, 9.17) is 9.84 Å². The van der Waals surface area contributed by atoms with Crippen LogP contribution in [0.5, 0.6) is 5.75 Å². The Labute approximate surface area is 89.8 Å². The molecule has 4 heteroatoms. The topological polar surface area (TPSA) is 29.5 Å². The molecule has 14 heavy (non-hydrogen) atoms. The Morgan fingerprint density at radius 2 is 2.14 bits per heavy atom. The van der Waals surface area contributed by atoms with Crippen LogP contribution in [0.1, 0.15) is 12.8 Å². The molecule has 0 heterocycles. The molecule has 0 aromatic heterocycles. The molecule has 0 atom stereocenters. The third-order valence-electron chi connectivity index (χ3n) is 2.26. The monoisotopic (exact) mass is 260 g/mol. The summed E-state index contributed by atoms with van der Waals surface area (Å²) in [5, 5.41) is 9.03. The van der Waals surface area contributed by atoms with E-state index >= 15 is 0 Å². The first-order valence-electron chi connectivity index (χ1n) is 4.45. The minimum Gasteiger partial charge on any atom is -0.490 e. The van der Waals surface area contributed by atoms with E-state index in [1.54, 1.807) is 12.1 Å². The summed E-state index contributed by atoms with van der Waals surface area (Å²) in [6, 6.07) is 4.66. The molecular formula is C10H10BrFO2. The Bertz CT molecular complexity index is 337. The summed E-state index contributed by atoms with van der Waals surface area (Å²) in [6.07, 6.45) is 1.06. The van der Waals surface area contributed by atoms with Gasteiger partial charge in [-0.25, -0.2) is 4.39 Å². The predicted octanol–water partition coefficient (Wildman–Crippen LogP) is 2.49. The van der Waals surface area contributed by atoms with E-state index in [0.29, 0.717) is 23.1 Å². The lowest BCUT2D eigenvalue weighted by Gasteiger charge is -2.31. The highest BCUT2D eigenvalue weighted by atomic mass is 79.9. The Balaban J connectivity index is 2.00. The summed E-state index contributed by atoms with van der Waals surface area (Å²) in [4.78, 5) is 0. The van der Waals surface area contributed by atoms with Gasteiger partial charge in [-0.15, -0.1) is 0 Å². The molecule has 1 aromatic rings. The van der Waals surface area contributed by atoms with Crippen molar-refractivity contribution >= 4 is 15.9 Å². The molecule has 0 bridgehead atoms. The number of halogens is 2. The highest BCUT2D eigenvalue weighted by Crippen LogP contribution is 2.27. The Hall–Kier alpha value is -0.610. The zero-order valence-electron chi connectivity index (χ0n) is 7.41. The summed E-state index contributed by atoms with van der Waals surface area (Å²) in [5.41, 5.74) is 0. The Kier molecular flexibility index (Phi) is 2.74. The number of aliphatic hydroxyl groups excluding tert-OH is 1. The molecule has 0 saturated heterocycles. The van der Waals surface area contributed by atoms with Crippen molar-refractivity contribution in [2.24, 2.45) is 0 Å². The summed E-state index contributed by atoms with van der Waals surface area (Å²) >= 11 is 3.07. The van der Waals surface area contributed by atoms with Gasteiger partial charge in [0.1, 0.15) is 17.7 Å². The second kappa shape index (κ2) is 3.87. The third-order valence-corrected chi connectivity index (χ3v) is 2.91. The summed E-state index contributed by atoms with van der Waals surface area (Å²) in [7, 11) is 0. The maximum atomic E-state index is 13.1. The van der Waals surface area contributed by atoms with Gasteiger partial charge in [0, 0.05) is 18.9 Å². The van der Waals surface area contributed by atoms with Gasteiger partial charge in [0.25, 0.3) is 0 Å². The molecule has 1 fully saturated rings. The van der Waals surface area contributed by atoms with Crippen molar-refractivity contribution in [2.75, 3.05) is 0 Å². The van der Waals surface area contributed by atoms with Crippen molar-refractivity contribution in [1.29, 1.82) is 0 Å². The average Bonchev–Trinajstić information content (AvgIpc) is 2.09. The summed E-state index contributed by atoms with van der Waals surface area (Å²) in [6.45, 7) is 0. The number of benzene rings is 1. The fourth-order valence-electron chi connectivity index (χ4n) is 1.38. The highest BCUT2D eigenvalue weighted by molar-refractivity contribution is 9.10. The van der Waals surface area contributed by atoms with E-state index in [1.165, 1.54) is 6.07 Å². The fraction of sp³-hybridized carbons (Fsp3) is 0.400. The highest BCUT2D eigenvalue weighted by Gasteiger charge is 2.28. The molecule has 2 nitrogen and oxygen atoms in total. The molecule has 2 rings (SSSR count). The summed E-state index contributed by atoms with van der Waals surface area (Å²) in [5.74, 6) is 0.185. The van der Waals surface area contributed by atoms with Crippen molar-refractivity contribution in [3.63, 3.8) is 0 Å². The van der Waals surface area contributed by atoms with Crippen molar-refractivity contribution < 1.29 is 14.2 Å². The largest absolute Gasteiger partial charge is 0.490 e. The smallest absolute Gasteiger partial charge is 0.141 e. The normalized spacial score (nSPS) is 25.6. The number of hydrogen-bond donors (Lipinski definition) is 1. The maximum absolute atomic E-state index is 13.1. The van der Waals surface area contributed by atoms with Gasteiger partial charge in [0.05, 0.1) is 10.6 Å². The van der Waals surface area contributed by atoms with Crippen LogP contribution in [-0.4, -0.2) is 17.3 Å². The SMILES string of the molecule is OC1CC(Oc2ccc(Br)c(F)c2)C1. The van der Waals surface area contributed by atoms with Crippen molar-refractivity contribution in [3.05, 3.63) is 28.5 Å². The molecule has 1 N–H and O–H groups in total. The minimum absolute atomic E-state index is 0.0329. The molecular weight excluding hydrogens is 251 g/mol. The zero-order valence-corrected chi connectivity index (χ0v) is 9.00. The lowest BCUT2D eigenvalue weighted by atomic mass is 9.92. The lowest BCUT2D eigenvalue weighted by Crippen LogP contribution is -2.37. The number of hydrogen-bond acceptors (Lipinski definition) is 2. The molecule has 76 valence electrons. The van der Waals surface area contributed by atoms with Crippen LogP contribution in [0.25, 0.3) is 0 Å². The molecule has 1 aliphatic rings. The van der Waals surface area contributed by atoms with Gasteiger partial charge in [0.2, 0.25) is 0 Å². The molecule has 0 spiro atoms. The van der Waals surface area contributed by atoms with Gasteiger partial charge in [-0.3, -0.25) is 0 Å². The van der Waals surface area contributed by atoms with Gasteiger partial charge >= 0.3 is 0 Å². The Morgan fingerprint density at radius 1 is 1.43 bits per heavy atom.